The number of allylic oxidation sites excluding steroid dienone is 1. The van der Waals surface area contributed by atoms with Gasteiger partial charge in [-0.05, 0) is 25.5 Å². The molecule has 1 aromatic rings. The lowest BCUT2D eigenvalue weighted by molar-refractivity contribution is 0.148. The van der Waals surface area contributed by atoms with Crippen LogP contribution in [0.2, 0.25) is 0 Å². The van der Waals surface area contributed by atoms with E-state index < -0.39 is 7.82 Å². The molecule has 0 heterocycles. The molecule has 0 aromatic heterocycles. The first-order valence-electron chi connectivity index (χ1n) is 6.10. The average molecular weight is 282 g/mol. The van der Waals surface area contributed by atoms with E-state index in [0.717, 1.165) is 5.56 Å². The van der Waals surface area contributed by atoms with E-state index in [9.17, 15) is 4.57 Å². The first-order valence-corrected chi connectivity index (χ1v) is 7.56. The second-order valence-corrected chi connectivity index (χ2v) is 5.18. The molecule has 0 spiro atoms. The third-order valence-electron chi connectivity index (χ3n) is 2.06. The molecule has 0 N–H and O–H groups in total. The van der Waals surface area contributed by atoms with Crippen molar-refractivity contribution in [2.45, 2.75) is 13.8 Å². The van der Waals surface area contributed by atoms with Crippen LogP contribution in [0.15, 0.2) is 48.7 Å². The number of hydrogen-bond acceptors (Lipinski definition) is 4. The van der Waals surface area contributed by atoms with E-state index in [4.69, 9.17) is 13.6 Å². The molecule has 0 saturated carbocycles. The Hall–Kier alpha value is -1.35. The number of rotatable bonds is 8. The smallest absolute Gasteiger partial charge is 0.405 e. The molecular weight excluding hydrogens is 263 g/mol. The Balaban J connectivity index is 2.63. The highest BCUT2D eigenvalue weighted by Gasteiger charge is 2.26. The Morgan fingerprint density at radius 3 is 2.32 bits per heavy atom. The van der Waals surface area contributed by atoms with Crippen molar-refractivity contribution in [1.29, 1.82) is 0 Å². The Labute approximate surface area is 114 Å². The number of benzene rings is 1. The van der Waals surface area contributed by atoms with Gasteiger partial charge < -0.3 is 4.52 Å². The number of phosphoric acid groups is 1. The van der Waals surface area contributed by atoms with Gasteiger partial charge in [0.05, 0.1) is 13.2 Å². The Bertz CT molecular complexity index is 458. The van der Waals surface area contributed by atoms with Crippen molar-refractivity contribution < 1.29 is 18.1 Å². The molecule has 0 radical (unpaired) electrons. The highest BCUT2D eigenvalue weighted by Crippen LogP contribution is 2.51. The molecule has 4 nitrogen and oxygen atoms in total. The van der Waals surface area contributed by atoms with Gasteiger partial charge in [-0.1, -0.05) is 43.0 Å². The van der Waals surface area contributed by atoms with Crippen molar-refractivity contribution >= 4 is 13.9 Å². The summed E-state index contributed by atoms with van der Waals surface area (Å²) >= 11 is 0. The van der Waals surface area contributed by atoms with E-state index in [2.05, 4.69) is 6.58 Å². The van der Waals surface area contributed by atoms with Gasteiger partial charge in [-0.25, -0.2) is 4.57 Å². The standard InChI is InChI=1S/C14H19O4P/c1-4-16-19(15,17-5-2)18-13(3)11-12-14-9-7-6-8-10-14/h6-12H,3-5H2,1-2H3. The van der Waals surface area contributed by atoms with Crippen LogP contribution in [-0.4, -0.2) is 13.2 Å². The van der Waals surface area contributed by atoms with Crippen molar-refractivity contribution in [3.05, 3.63) is 54.3 Å². The summed E-state index contributed by atoms with van der Waals surface area (Å²) in [5.41, 5.74) is 0.995. The van der Waals surface area contributed by atoms with E-state index in [-0.39, 0.29) is 19.0 Å². The minimum absolute atomic E-state index is 0.231. The van der Waals surface area contributed by atoms with Gasteiger partial charge in [0.15, 0.2) is 0 Å². The summed E-state index contributed by atoms with van der Waals surface area (Å²) in [7, 11) is -3.55. The van der Waals surface area contributed by atoms with Crippen LogP contribution in [0.3, 0.4) is 0 Å². The van der Waals surface area contributed by atoms with Crippen molar-refractivity contribution in [1.82, 2.24) is 0 Å². The van der Waals surface area contributed by atoms with E-state index in [0.29, 0.717) is 0 Å². The van der Waals surface area contributed by atoms with Crippen LogP contribution in [0, 0.1) is 0 Å². The molecule has 1 rings (SSSR count). The topological polar surface area (TPSA) is 44.8 Å². The molecule has 0 bridgehead atoms. The van der Waals surface area contributed by atoms with Gasteiger partial charge in [0.1, 0.15) is 5.76 Å². The van der Waals surface area contributed by atoms with E-state index in [1.165, 1.54) is 0 Å². The fraction of sp³-hybridized carbons (Fsp3) is 0.286. The summed E-state index contributed by atoms with van der Waals surface area (Å²) in [5.74, 6) is 0.231. The maximum Gasteiger partial charge on any atom is 0.530 e. The van der Waals surface area contributed by atoms with Gasteiger partial charge in [0.2, 0.25) is 0 Å². The largest absolute Gasteiger partial charge is 0.530 e. The summed E-state index contributed by atoms with van der Waals surface area (Å²) in [4.78, 5) is 0. The van der Waals surface area contributed by atoms with Crippen LogP contribution in [0.25, 0.3) is 6.08 Å². The Morgan fingerprint density at radius 2 is 1.79 bits per heavy atom. The fourth-order valence-electron chi connectivity index (χ4n) is 1.33. The van der Waals surface area contributed by atoms with Crippen LogP contribution in [0.4, 0.5) is 0 Å². The minimum Gasteiger partial charge on any atom is -0.405 e. The van der Waals surface area contributed by atoms with E-state index >= 15 is 0 Å². The van der Waals surface area contributed by atoms with Crippen molar-refractivity contribution in [2.24, 2.45) is 0 Å². The van der Waals surface area contributed by atoms with Gasteiger partial charge in [0, 0.05) is 0 Å². The van der Waals surface area contributed by atoms with Crippen molar-refractivity contribution in [2.75, 3.05) is 13.2 Å². The molecule has 0 aliphatic heterocycles. The zero-order valence-corrected chi connectivity index (χ0v) is 12.1. The van der Waals surface area contributed by atoms with Crippen LogP contribution in [0.5, 0.6) is 0 Å². The molecule has 0 unspecified atom stereocenters. The molecule has 104 valence electrons. The molecule has 5 heteroatoms. The Kier molecular flexibility index (Phi) is 6.57. The number of phosphoric ester groups is 1. The molecule has 0 amide bonds. The maximum atomic E-state index is 12.1. The lowest BCUT2D eigenvalue weighted by atomic mass is 10.2. The highest BCUT2D eigenvalue weighted by atomic mass is 31.2. The SMILES string of the molecule is C=C(C=Cc1ccccc1)OP(=O)(OCC)OCC. The molecule has 0 fully saturated rings. The predicted molar refractivity (Wildman–Crippen MR) is 76.6 cm³/mol. The lowest BCUT2D eigenvalue weighted by Gasteiger charge is -2.16. The minimum atomic E-state index is -3.55. The van der Waals surface area contributed by atoms with Gasteiger partial charge in [0.25, 0.3) is 0 Å². The third kappa shape index (κ3) is 5.88. The van der Waals surface area contributed by atoms with Gasteiger partial charge >= 0.3 is 7.82 Å². The monoisotopic (exact) mass is 282 g/mol. The van der Waals surface area contributed by atoms with Crippen LogP contribution >= 0.6 is 7.82 Å². The first-order chi connectivity index (χ1) is 9.09. The molecule has 0 saturated heterocycles. The van der Waals surface area contributed by atoms with E-state index in [1.54, 1.807) is 19.9 Å². The summed E-state index contributed by atoms with van der Waals surface area (Å²) < 4.78 is 27.3. The highest BCUT2D eigenvalue weighted by molar-refractivity contribution is 7.48. The zero-order chi connectivity index (χ0) is 14.1. The molecule has 19 heavy (non-hydrogen) atoms. The summed E-state index contributed by atoms with van der Waals surface area (Å²) in [6.07, 6.45) is 3.44. The normalized spacial score (nSPS) is 11.7. The number of hydrogen-bond donors (Lipinski definition) is 0. The van der Waals surface area contributed by atoms with Crippen molar-refractivity contribution in [3.63, 3.8) is 0 Å². The lowest BCUT2D eigenvalue weighted by Crippen LogP contribution is -1.98. The fourth-order valence-corrected chi connectivity index (χ4v) is 2.49. The molecule has 0 aliphatic rings. The van der Waals surface area contributed by atoms with Gasteiger partial charge in [-0.2, -0.15) is 0 Å². The van der Waals surface area contributed by atoms with Crippen LogP contribution in [0.1, 0.15) is 19.4 Å². The predicted octanol–water partition coefficient (Wildman–Crippen LogP) is 4.41. The van der Waals surface area contributed by atoms with Crippen molar-refractivity contribution in [3.8, 4) is 0 Å². The van der Waals surface area contributed by atoms with Gasteiger partial charge in [-0.15, -0.1) is 0 Å². The molecule has 1 aromatic carbocycles. The van der Waals surface area contributed by atoms with Crippen LogP contribution < -0.4 is 0 Å². The third-order valence-corrected chi connectivity index (χ3v) is 3.67. The average Bonchev–Trinajstić information content (AvgIpc) is 2.38. The van der Waals surface area contributed by atoms with Crippen LogP contribution in [-0.2, 0) is 18.1 Å². The summed E-state index contributed by atoms with van der Waals surface area (Å²) in [5, 5.41) is 0. The quantitative estimate of drug-likeness (QED) is 0.402. The first kappa shape index (κ1) is 15.7. The summed E-state index contributed by atoms with van der Waals surface area (Å²) in [6.45, 7) is 7.60. The summed E-state index contributed by atoms with van der Waals surface area (Å²) in [6, 6.07) is 9.66. The Morgan fingerprint density at radius 1 is 1.21 bits per heavy atom. The molecule has 0 aliphatic carbocycles. The van der Waals surface area contributed by atoms with E-state index in [1.807, 2.05) is 36.4 Å². The molecular formula is C14H19O4P. The second kappa shape index (κ2) is 7.95. The maximum absolute atomic E-state index is 12.1. The zero-order valence-electron chi connectivity index (χ0n) is 11.2. The second-order valence-electron chi connectivity index (χ2n) is 3.58. The molecule has 0 atom stereocenters. The van der Waals surface area contributed by atoms with Gasteiger partial charge in [-0.3, -0.25) is 9.05 Å².